The third-order valence-corrected chi connectivity index (χ3v) is 1.82. The van der Waals surface area contributed by atoms with Crippen molar-refractivity contribution in [3.63, 3.8) is 0 Å². The zero-order valence-electron chi connectivity index (χ0n) is 9.36. The highest BCUT2D eigenvalue weighted by Crippen LogP contribution is 2.21. The van der Waals surface area contributed by atoms with E-state index in [4.69, 9.17) is 0 Å². The maximum absolute atomic E-state index is 13.0. The van der Waals surface area contributed by atoms with Crippen molar-refractivity contribution in [2.45, 2.75) is 19.9 Å². The van der Waals surface area contributed by atoms with Crippen molar-refractivity contribution in [2.75, 3.05) is 5.32 Å². The van der Waals surface area contributed by atoms with E-state index in [0.717, 1.165) is 12.1 Å². The van der Waals surface area contributed by atoms with Gasteiger partial charge in [-0.3, -0.25) is 10.1 Å². The lowest BCUT2D eigenvalue weighted by Crippen LogP contribution is -2.34. The molecule has 0 unspecified atom stereocenters. The van der Waals surface area contributed by atoms with E-state index in [1.165, 1.54) is 6.07 Å². The first-order valence-electron chi connectivity index (χ1n) is 4.91. The maximum atomic E-state index is 13.0. The molecule has 0 bridgehead atoms. The van der Waals surface area contributed by atoms with Crippen LogP contribution in [0.3, 0.4) is 0 Å². The molecule has 0 aliphatic heterocycles. The molecule has 0 atom stereocenters. The summed E-state index contributed by atoms with van der Waals surface area (Å²) in [7, 11) is 0. The molecule has 0 spiro atoms. The molecule has 0 saturated heterocycles. The number of carbonyl (C=O) groups excluding carboxylic acids is 1. The number of halogens is 1. The average Bonchev–Trinajstić information content (AvgIpc) is 2.19. The van der Waals surface area contributed by atoms with Gasteiger partial charge in [-0.05, 0) is 26.0 Å². The minimum absolute atomic E-state index is 0.0644. The molecule has 0 aliphatic rings. The van der Waals surface area contributed by atoms with Gasteiger partial charge in [0.15, 0.2) is 0 Å². The zero-order chi connectivity index (χ0) is 13.0. The summed E-state index contributed by atoms with van der Waals surface area (Å²) in [6, 6.07) is 2.59. The van der Waals surface area contributed by atoms with Gasteiger partial charge >= 0.3 is 11.7 Å². The van der Waals surface area contributed by atoms with E-state index in [0.29, 0.717) is 0 Å². The molecule has 2 amide bonds. The van der Waals surface area contributed by atoms with Crippen molar-refractivity contribution in [1.82, 2.24) is 5.32 Å². The van der Waals surface area contributed by atoms with Crippen LogP contribution in [0.2, 0.25) is 0 Å². The predicted octanol–water partition coefficient (Wildman–Crippen LogP) is 2.26. The Kier molecular flexibility index (Phi) is 3.97. The first-order valence-corrected chi connectivity index (χ1v) is 4.91. The van der Waals surface area contributed by atoms with E-state index >= 15 is 0 Å². The normalized spacial score (nSPS) is 10.1. The number of nitrogens with one attached hydrogen (secondary N) is 2. The van der Waals surface area contributed by atoms with Crippen LogP contribution < -0.4 is 10.6 Å². The lowest BCUT2D eigenvalue weighted by atomic mass is 10.2. The Morgan fingerprint density at radius 1 is 1.47 bits per heavy atom. The minimum atomic E-state index is -0.940. The molecule has 6 nitrogen and oxygen atoms in total. The third kappa shape index (κ3) is 3.71. The summed E-state index contributed by atoms with van der Waals surface area (Å²) < 4.78 is 13.0. The molecule has 0 heterocycles. The summed E-state index contributed by atoms with van der Waals surface area (Å²) in [5.41, 5.74) is -0.511. The second kappa shape index (κ2) is 5.24. The largest absolute Gasteiger partial charge is 0.336 e. The standard InChI is InChI=1S/C10H12FN3O3/c1-6(2)12-10(15)13-7-3-4-8(11)9(5-7)14(16)17/h3-6H,1-2H3,(H2,12,13,15). The Morgan fingerprint density at radius 3 is 2.65 bits per heavy atom. The number of rotatable bonds is 3. The van der Waals surface area contributed by atoms with Crippen molar-refractivity contribution in [3.8, 4) is 0 Å². The number of nitrogens with zero attached hydrogens (tertiary/aromatic N) is 1. The first-order chi connectivity index (χ1) is 7.90. The molecule has 0 saturated carbocycles. The van der Waals surface area contributed by atoms with Gasteiger partial charge < -0.3 is 10.6 Å². The van der Waals surface area contributed by atoms with Gasteiger partial charge in [-0.2, -0.15) is 4.39 Å². The van der Waals surface area contributed by atoms with Crippen LogP contribution in [-0.4, -0.2) is 17.0 Å². The van der Waals surface area contributed by atoms with Crippen LogP contribution in [0.1, 0.15) is 13.8 Å². The molecule has 0 fully saturated rings. The predicted molar refractivity (Wildman–Crippen MR) is 60.3 cm³/mol. The fourth-order valence-corrected chi connectivity index (χ4v) is 1.16. The van der Waals surface area contributed by atoms with Crippen LogP contribution in [0.5, 0.6) is 0 Å². The zero-order valence-corrected chi connectivity index (χ0v) is 9.36. The minimum Gasteiger partial charge on any atom is -0.336 e. The summed E-state index contributed by atoms with van der Waals surface area (Å²) in [5, 5.41) is 15.4. The summed E-state index contributed by atoms with van der Waals surface area (Å²) in [6.07, 6.45) is 0. The third-order valence-electron chi connectivity index (χ3n) is 1.82. The van der Waals surface area contributed by atoms with E-state index in [9.17, 15) is 19.3 Å². The number of nitro groups is 1. The van der Waals surface area contributed by atoms with E-state index in [1.807, 2.05) is 0 Å². The topological polar surface area (TPSA) is 84.3 Å². The van der Waals surface area contributed by atoms with Gasteiger partial charge in [0.25, 0.3) is 0 Å². The van der Waals surface area contributed by atoms with Crippen LogP contribution >= 0.6 is 0 Å². The number of amides is 2. The van der Waals surface area contributed by atoms with Gasteiger partial charge in [0, 0.05) is 17.8 Å². The van der Waals surface area contributed by atoms with Gasteiger partial charge in [-0.25, -0.2) is 4.79 Å². The number of urea groups is 1. The molecule has 17 heavy (non-hydrogen) atoms. The van der Waals surface area contributed by atoms with E-state index in [2.05, 4.69) is 10.6 Å². The molecular weight excluding hydrogens is 229 g/mol. The number of hydrogen-bond donors (Lipinski definition) is 2. The van der Waals surface area contributed by atoms with Gasteiger partial charge in [0.05, 0.1) is 4.92 Å². The molecule has 0 aliphatic carbocycles. The lowest BCUT2D eigenvalue weighted by molar-refractivity contribution is -0.387. The van der Waals surface area contributed by atoms with Crippen LogP contribution in [0, 0.1) is 15.9 Å². The van der Waals surface area contributed by atoms with Crippen LogP contribution in [0.25, 0.3) is 0 Å². The monoisotopic (exact) mass is 241 g/mol. The number of carbonyl (C=O) groups is 1. The highest BCUT2D eigenvalue weighted by molar-refractivity contribution is 5.89. The van der Waals surface area contributed by atoms with Crippen LogP contribution in [-0.2, 0) is 0 Å². The molecule has 1 aromatic carbocycles. The SMILES string of the molecule is CC(C)NC(=O)Nc1ccc(F)c([N+](=O)[O-])c1. The Hall–Kier alpha value is -2.18. The summed E-state index contributed by atoms with van der Waals surface area (Å²) in [5.74, 6) is -0.940. The maximum Gasteiger partial charge on any atom is 0.319 e. The van der Waals surface area contributed by atoms with Crippen LogP contribution in [0.15, 0.2) is 18.2 Å². The highest BCUT2D eigenvalue weighted by atomic mass is 19.1. The van der Waals surface area contributed by atoms with Crippen molar-refractivity contribution >= 4 is 17.4 Å². The summed E-state index contributed by atoms with van der Waals surface area (Å²) in [4.78, 5) is 20.9. The quantitative estimate of drug-likeness (QED) is 0.628. The Bertz CT molecular complexity index is 448. The Morgan fingerprint density at radius 2 is 2.12 bits per heavy atom. The summed E-state index contributed by atoms with van der Waals surface area (Å²) in [6.45, 7) is 3.54. The lowest BCUT2D eigenvalue weighted by Gasteiger charge is -2.09. The number of anilines is 1. The van der Waals surface area contributed by atoms with E-state index in [1.54, 1.807) is 13.8 Å². The molecule has 0 aromatic heterocycles. The molecule has 7 heteroatoms. The number of benzene rings is 1. The van der Waals surface area contributed by atoms with E-state index < -0.39 is 22.5 Å². The molecule has 2 N–H and O–H groups in total. The second-order valence-corrected chi connectivity index (χ2v) is 3.68. The van der Waals surface area contributed by atoms with Crippen molar-refractivity contribution in [3.05, 3.63) is 34.1 Å². The van der Waals surface area contributed by atoms with E-state index in [-0.39, 0.29) is 11.7 Å². The molecule has 92 valence electrons. The van der Waals surface area contributed by atoms with Crippen LogP contribution in [0.4, 0.5) is 20.6 Å². The Balaban J connectivity index is 2.82. The number of hydrogen-bond acceptors (Lipinski definition) is 3. The first kappa shape index (κ1) is 12.9. The second-order valence-electron chi connectivity index (χ2n) is 3.68. The smallest absolute Gasteiger partial charge is 0.319 e. The molecule has 0 radical (unpaired) electrons. The Labute approximate surface area is 97.0 Å². The van der Waals surface area contributed by atoms with Gasteiger partial charge in [-0.1, -0.05) is 0 Å². The highest BCUT2D eigenvalue weighted by Gasteiger charge is 2.15. The van der Waals surface area contributed by atoms with Crippen molar-refractivity contribution < 1.29 is 14.1 Å². The van der Waals surface area contributed by atoms with Gasteiger partial charge in [0.1, 0.15) is 0 Å². The van der Waals surface area contributed by atoms with Crippen molar-refractivity contribution in [2.24, 2.45) is 0 Å². The fourth-order valence-electron chi connectivity index (χ4n) is 1.16. The average molecular weight is 241 g/mol. The number of nitro benzene ring substituents is 1. The van der Waals surface area contributed by atoms with Gasteiger partial charge in [-0.15, -0.1) is 0 Å². The molecular formula is C10H12FN3O3. The van der Waals surface area contributed by atoms with Crippen molar-refractivity contribution in [1.29, 1.82) is 0 Å². The molecule has 1 aromatic rings. The fraction of sp³-hybridized carbons (Fsp3) is 0.300. The van der Waals surface area contributed by atoms with Gasteiger partial charge in [0.2, 0.25) is 5.82 Å². The summed E-state index contributed by atoms with van der Waals surface area (Å²) >= 11 is 0. The molecule has 1 rings (SSSR count).